The van der Waals surface area contributed by atoms with E-state index in [1.807, 2.05) is 6.07 Å². The van der Waals surface area contributed by atoms with Crippen LogP contribution in [0.15, 0.2) is 21.2 Å². The Balaban J connectivity index is 1.84. The average molecular weight is 300 g/mol. The second kappa shape index (κ2) is 6.60. The molecule has 2 nitrogen and oxygen atoms in total. The highest BCUT2D eigenvalue weighted by Gasteiger charge is 2.22. The molecule has 1 heterocycles. The van der Waals surface area contributed by atoms with Crippen molar-refractivity contribution in [2.75, 3.05) is 0 Å². The number of hydrogen-bond acceptors (Lipinski definition) is 2. The monoisotopic (exact) mass is 299 g/mol. The summed E-state index contributed by atoms with van der Waals surface area (Å²) >= 11 is 3.50. The van der Waals surface area contributed by atoms with Gasteiger partial charge < -0.3 is 9.73 Å². The van der Waals surface area contributed by atoms with Crippen molar-refractivity contribution in [2.24, 2.45) is 5.92 Å². The maximum absolute atomic E-state index is 5.44. The lowest BCUT2D eigenvalue weighted by Crippen LogP contribution is -2.36. The summed E-state index contributed by atoms with van der Waals surface area (Å²) in [5, 5.41) is 3.66. The van der Waals surface area contributed by atoms with E-state index in [1.54, 1.807) is 6.26 Å². The van der Waals surface area contributed by atoms with Crippen LogP contribution in [0, 0.1) is 5.92 Å². The van der Waals surface area contributed by atoms with Gasteiger partial charge in [0.2, 0.25) is 0 Å². The van der Waals surface area contributed by atoms with Crippen molar-refractivity contribution >= 4 is 15.9 Å². The van der Waals surface area contributed by atoms with Crippen LogP contribution in [0.4, 0.5) is 0 Å². The molecule has 0 saturated heterocycles. The molecule has 0 amide bonds. The minimum atomic E-state index is 0.646. The Morgan fingerprint density at radius 3 is 2.76 bits per heavy atom. The van der Waals surface area contributed by atoms with Crippen LogP contribution in [0.5, 0.6) is 0 Å². The lowest BCUT2D eigenvalue weighted by atomic mass is 9.83. The highest BCUT2D eigenvalue weighted by Crippen LogP contribution is 2.28. The Hall–Kier alpha value is -0.280. The van der Waals surface area contributed by atoms with Gasteiger partial charge in [-0.05, 0) is 47.2 Å². The van der Waals surface area contributed by atoms with E-state index in [2.05, 4.69) is 28.2 Å². The van der Waals surface area contributed by atoms with Crippen molar-refractivity contribution in [3.8, 4) is 0 Å². The van der Waals surface area contributed by atoms with Crippen LogP contribution in [0.1, 0.15) is 51.2 Å². The third kappa shape index (κ3) is 3.59. The van der Waals surface area contributed by atoms with E-state index in [1.165, 1.54) is 38.5 Å². The molecule has 1 aromatic heterocycles. The Morgan fingerprint density at radius 1 is 1.41 bits per heavy atom. The zero-order valence-electron chi connectivity index (χ0n) is 10.5. The van der Waals surface area contributed by atoms with E-state index >= 15 is 0 Å². The van der Waals surface area contributed by atoms with Crippen molar-refractivity contribution in [1.82, 2.24) is 5.32 Å². The predicted molar refractivity (Wildman–Crippen MR) is 73.9 cm³/mol. The molecule has 1 fully saturated rings. The van der Waals surface area contributed by atoms with Gasteiger partial charge in [-0.3, -0.25) is 0 Å². The third-order valence-electron chi connectivity index (χ3n) is 3.87. The maximum atomic E-state index is 5.44. The smallest absolute Gasteiger partial charge is 0.131 e. The summed E-state index contributed by atoms with van der Waals surface area (Å²) in [7, 11) is 0. The zero-order valence-corrected chi connectivity index (χ0v) is 12.1. The highest BCUT2D eigenvalue weighted by atomic mass is 79.9. The van der Waals surface area contributed by atoms with Crippen LogP contribution >= 0.6 is 15.9 Å². The van der Waals surface area contributed by atoms with Gasteiger partial charge in [0.1, 0.15) is 5.76 Å². The Bertz CT molecular complexity index is 331. The lowest BCUT2D eigenvalue weighted by Gasteiger charge is -2.30. The summed E-state index contributed by atoms with van der Waals surface area (Å²) in [5.74, 6) is 1.88. The molecular formula is C14H22BrNO. The molecule has 2 rings (SSSR count). The van der Waals surface area contributed by atoms with Crippen molar-refractivity contribution in [3.05, 3.63) is 22.6 Å². The molecule has 1 saturated carbocycles. The number of furan rings is 1. The topological polar surface area (TPSA) is 25.2 Å². The number of hydrogen-bond donors (Lipinski definition) is 1. The fourth-order valence-electron chi connectivity index (χ4n) is 2.86. The Labute approximate surface area is 112 Å². The van der Waals surface area contributed by atoms with Gasteiger partial charge in [-0.1, -0.05) is 26.2 Å². The highest BCUT2D eigenvalue weighted by molar-refractivity contribution is 9.10. The first-order valence-electron chi connectivity index (χ1n) is 6.76. The van der Waals surface area contributed by atoms with Crippen molar-refractivity contribution in [2.45, 2.75) is 58.0 Å². The third-order valence-corrected chi connectivity index (χ3v) is 4.58. The largest absolute Gasteiger partial charge is 0.467 e. The van der Waals surface area contributed by atoms with E-state index < -0.39 is 0 Å². The minimum absolute atomic E-state index is 0.646. The van der Waals surface area contributed by atoms with Gasteiger partial charge in [0.05, 0.1) is 17.3 Å². The van der Waals surface area contributed by atoms with E-state index in [4.69, 9.17) is 4.42 Å². The van der Waals surface area contributed by atoms with Gasteiger partial charge in [0.15, 0.2) is 0 Å². The molecule has 17 heavy (non-hydrogen) atoms. The molecule has 1 aromatic rings. The molecule has 1 aliphatic rings. The summed E-state index contributed by atoms with van der Waals surface area (Å²) in [4.78, 5) is 0. The second-order valence-corrected chi connectivity index (χ2v) is 5.84. The summed E-state index contributed by atoms with van der Waals surface area (Å²) in [6, 6.07) is 2.60. The van der Waals surface area contributed by atoms with E-state index in [0.29, 0.717) is 6.04 Å². The Kier molecular flexibility index (Phi) is 5.11. The van der Waals surface area contributed by atoms with E-state index in [9.17, 15) is 0 Å². The summed E-state index contributed by atoms with van der Waals surface area (Å²) in [5.41, 5.74) is 0. The molecule has 0 aromatic carbocycles. The van der Waals surface area contributed by atoms with Crippen LogP contribution in [-0.2, 0) is 6.54 Å². The van der Waals surface area contributed by atoms with Crippen LogP contribution in [0.3, 0.4) is 0 Å². The second-order valence-electron chi connectivity index (χ2n) is 4.99. The van der Waals surface area contributed by atoms with Gasteiger partial charge in [-0.2, -0.15) is 0 Å². The van der Waals surface area contributed by atoms with Crippen molar-refractivity contribution in [1.29, 1.82) is 0 Å². The van der Waals surface area contributed by atoms with Gasteiger partial charge in [0, 0.05) is 6.04 Å². The van der Waals surface area contributed by atoms with Gasteiger partial charge in [0.25, 0.3) is 0 Å². The van der Waals surface area contributed by atoms with E-state index in [-0.39, 0.29) is 0 Å². The molecule has 1 atom stereocenters. The average Bonchev–Trinajstić information content (AvgIpc) is 2.77. The molecule has 0 aliphatic heterocycles. The normalized spacial score (nSPS) is 19.4. The van der Waals surface area contributed by atoms with E-state index in [0.717, 1.165) is 22.7 Å². The maximum Gasteiger partial charge on any atom is 0.131 e. The SMILES string of the molecule is CCC(NCc1occc1Br)C1CCCCC1. The van der Waals surface area contributed by atoms with Crippen LogP contribution < -0.4 is 5.32 Å². The minimum Gasteiger partial charge on any atom is -0.467 e. The Morgan fingerprint density at radius 2 is 2.18 bits per heavy atom. The van der Waals surface area contributed by atoms with Crippen LogP contribution in [0.25, 0.3) is 0 Å². The van der Waals surface area contributed by atoms with Gasteiger partial charge in [-0.25, -0.2) is 0 Å². The molecule has 96 valence electrons. The summed E-state index contributed by atoms with van der Waals surface area (Å²) in [6.45, 7) is 3.12. The molecule has 1 unspecified atom stereocenters. The van der Waals surface area contributed by atoms with Crippen molar-refractivity contribution < 1.29 is 4.42 Å². The standard InChI is InChI=1S/C14H22BrNO/c1-2-13(11-6-4-3-5-7-11)16-10-14-12(15)8-9-17-14/h8-9,11,13,16H,2-7,10H2,1H3. The molecule has 0 radical (unpaired) electrons. The van der Waals surface area contributed by atoms with Gasteiger partial charge >= 0.3 is 0 Å². The number of nitrogens with one attached hydrogen (secondary N) is 1. The fraction of sp³-hybridized carbons (Fsp3) is 0.714. The number of rotatable bonds is 5. The zero-order chi connectivity index (χ0) is 12.1. The first-order chi connectivity index (χ1) is 8.31. The fourth-order valence-corrected chi connectivity index (χ4v) is 3.20. The predicted octanol–water partition coefficient (Wildman–Crippen LogP) is 4.49. The van der Waals surface area contributed by atoms with Crippen molar-refractivity contribution in [3.63, 3.8) is 0 Å². The number of halogens is 1. The quantitative estimate of drug-likeness (QED) is 0.866. The first kappa shape index (κ1) is 13.2. The lowest BCUT2D eigenvalue weighted by molar-refractivity contribution is 0.257. The molecule has 0 spiro atoms. The first-order valence-corrected chi connectivity index (χ1v) is 7.55. The molecule has 1 aliphatic carbocycles. The molecule has 3 heteroatoms. The summed E-state index contributed by atoms with van der Waals surface area (Å²) < 4.78 is 6.51. The van der Waals surface area contributed by atoms with Gasteiger partial charge in [-0.15, -0.1) is 0 Å². The molecular weight excluding hydrogens is 278 g/mol. The molecule has 0 bridgehead atoms. The summed E-state index contributed by atoms with van der Waals surface area (Å²) in [6.07, 6.45) is 9.98. The van der Waals surface area contributed by atoms with Crippen LogP contribution in [0.2, 0.25) is 0 Å². The van der Waals surface area contributed by atoms with Crippen LogP contribution in [-0.4, -0.2) is 6.04 Å². The molecule has 1 N–H and O–H groups in total.